The van der Waals surface area contributed by atoms with Crippen LogP contribution in [0.5, 0.6) is 0 Å². The van der Waals surface area contributed by atoms with Crippen LogP contribution in [-0.2, 0) is 6.42 Å². The van der Waals surface area contributed by atoms with Gasteiger partial charge in [0.25, 0.3) is 0 Å². The fourth-order valence-electron chi connectivity index (χ4n) is 1.65. The molecular weight excluding hydrogens is 286 g/mol. The summed E-state index contributed by atoms with van der Waals surface area (Å²) in [5.41, 5.74) is 0. The van der Waals surface area contributed by atoms with Gasteiger partial charge in [-0.1, -0.05) is 6.92 Å². The lowest BCUT2D eigenvalue weighted by atomic mass is 10.2. The monoisotopic (exact) mass is 299 g/mol. The molecule has 0 radical (unpaired) electrons. The highest BCUT2D eigenvalue weighted by molar-refractivity contribution is 9.10. The van der Waals surface area contributed by atoms with Crippen molar-refractivity contribution in [1.29, 1.82) is 0 Å². The van der Waals surface area contributed by atoms with Crippen LogP contribution in [0, 0.1) is 0 Å². The Kier molecular flexibility index (Phi) is 3.84. The summed E-state index contributed by atoms with van der Waals surface area (Å²) in [7, 11) is 1.95. The van der Waals surface area contributed by atoms with Crippen LogP contribution in [0.15, 0.2) is 32.5 Å². The van der Waals surface area contributed by atoms with Crippen LogP contribution >= 0.6 is 27.3 Å². The molecule has 0 aliphatic rings. The van der Waals surface area contributed by atoms with Crippen molar-refractivity contribution >= 4 is 27.3 Å². The Labute approximate surface area is 108 Å². The fourth-order valence-corrected chi connectivity index (χ4v) is 3.37. The van der Waals surface area contributed by atoms with Crippen molar-refractivity contribution in [2.45, 2.75) is 19.4 Å². The number of rotatable bonds is 4. The predicted octanol–water partition coefficient (Wildman–Crippen LogP) is 3.97. The lowest BCUT2D eigenvalue weighted by Crippen LogP contribution is -2.16. The Morgan fingerprint density at radius 3 is 2.75 bits per heavy atom. The summed E-state index contributed by atoms with van der Waals surface area (Å²) in [6, 6.07) is 6.29. The number of furan rings is 1. The third-order valence-corrected chi connectivity index (χ3v) is 4.45. The minimum Gasteiger partial charge on any atom is -0.464 e. The molecule has 0 amide bonds. The first-order valence-corrected chi connectivity index (χ1v) is 6.92. The molecule has 1 atom stereocenters. The van der Waals surface area contributed by atoms with Crippen LogP contribution in [0.25, 0.3) is 0 Å². The Hall–Kier alpha value is -0.580. The molecule has 86 valence electrons. The number of aryl methyl sites for hydroxylation is 1. The van der Waals surface area contributed by atoms with Crippen molar-refractivity contribution in [2.24, 2.45) is 0 Å². The molecule has 1 unspecified atom stereocenters. The van der Waals surface area contributed by atoms with E-state index in [9.17, 15) is 0 Å². The van der Waals surface area contributed by atoms with Crippen LogP contribution in [0.3, 0.4) is 0 Å². The van der Waals surface area contributed by atoms with Crippen LogP contribution < -0.4 is 5.32 Å². The second-order valence-electron chi connectivity index (χ2n) is 3.51. The average molecular weight is 300 g/mol. The zero-order chi connectivity index (χ0) is 11.5. The summed E-state index contributed by atoms with van der Waals surface area (Å²) in [6.07, 6.45) is 0.933. The Morgan fingerprint density at radius 2 is 2.25 bits per heavy atom. The lowest BCUT2D eigenvalue weighted by molar-refractivity contribution is 0.436. The zero-order valence-corrected chi connectivity index (χ0v) is 11.7. The molecule has 0 saturated heterocycles. The number of halogens is 1. The topological polar surface area (TPSA) is 25.2 Å². The molecule has 4 heteroatoms. The number of nitrogens with one attached hydrogen (secondary N) is 1. The molecule has 0 aliphatic heterocycles. The molecule has 0 aliphatic carbocycles. The smallest absolute Gasteiger partial charge is 0.126 e. The standard InChI is InChI=1S/C12H14BrNOS/c1-3-8-4-5-10(15-8)11(14-2)12-9(13)6-7-16-12/h4-7,11,14H,3H2,1-2H3. The van der Waals surface area contributed by atoms with Gasteiger partial charge in [0.15, 0.2) is 0 Å². The largest absolute Gasteiger partial charge is 0.464 e. The van der Waals surface area contributed by atoms with E-state index in [-0.39, 0.29) is 6.04 Å². The number of hydrogen-bond acceptors (Lipinski definition) is 3. The minimum absolute atomic E-state index is 0.134. The van der Waals surface area contributed by atoms with E-state index in [0.29, 0.717) is 0 Å². The van der Waals surface area contributed by atoms with Gasteiger partial charge in [-0.15, -0.1) is 11.3 Å². The summed E-state index contributed by atoms with van der Waals surface area (Å²) in [6.45, 7) is 2.10. The Balaban J connectivity index is 2.32. The van der Waals surface area contributed by atoms with Crippen molar-refractivity contribution in [3.8, 4) is 0 Å². The second-order valence-corrected chi connectivity index (χ2v) is 5.31. The van der Waals surface area contributed by atoms with Gasteiger partial charge in [-0.3, -0.25) is 0 Å². The number of thiophene rings is 1. The summed E-state index contributed by atoms with van der Waals surface area (Å²) in [5.74, 6) is 2.01. The van der Waals surface area contributed by atoms with E-state index in [1.165, 1.54) is 4.88 Å². The summed E-state index contributed by atoms with van der Waals surface area (Å²) >= 11 is 5.28. The van der Waals surface area contributed by atoms with Gasteiger partial charge in [0.1, 0.15) is 17.6 Å². The van der Waals surface area contributed by atoms with Crippen LogP contribution in [0.2, 0.25) is 0 Å². The van der Waals surface area contributed by atoms with E-state index < -0.39 is 0 Å². The van der Waals surface area contributed by atoms with Crippen molar-refractivity contribution in [3.05, 3.63) is 44.4 Å². The Bertz CT molecular complexity index is 463. The van der Waals surface area contributed by atoms with Gasteiger partial charge in [-0.25, -0.2) is 0 Å². The molecule has 0 spiro atoms. The van der Waals surface area contributed by atoms with E-state index in [4.69, 9.17) is 4.42 Å². The third-order valence-electron chi connectivity index (χ3n) is 2.51. The maximum atomic E-state index is 5.79. The molecule has 0 bridgehead atoms. The molecule has 0 fully saturated rings. The first-order valence-electron chi connectivity index (χ1n) is 5.25. The SMILES string of the molecule is CCc1ccc(C(NC)c2sccc2Br)o1. The van der Waals surface area contributed by atoms with Gasteiger partial charge >= 0.3 is 0 Å². The van der Waals surface area contributed by atoms with Crippen molar-refractivity contribution in [1.82, 2.24) is 5.32 Å². The molecule has 2 rings (SSSR count). The van der Waals surface area contributed by atoms with Crippen molar-refractivity contribution in [2.75, 3.05) is 7.05 Å². The first-order chi connectivity index (χ1) is 7.76. The summed E-state index contributed by atoms with van der Waals surface area (Å²) in [4.78, 5) is 1.25. The predicted molar refractivity (Wildman–Crippen MR) is 71.0 cm³/mol. The lowest BCUT2D eigenvalue weighted by Gasteiger charge is -2.12. The molecule has 1 N–H and O–H groups in total. The van der Waals surface area contributed by atoms with Crippen LogP contribution in [-0.4, -0.2) is 7.05 Å². The summed E-state index contributed by atoms with van der Waals surface area (Å²) in [5, 5.41) is 5.36. The summed E-state index contributed by atoms with van der Waals surface area (Å²) < 4.78 is 6.92. The second kappa shape index (κ2) is 5.17. The van der Waals surface area contributed by atoms with E-state index in [2.05, 4.69) is 39.6 Å². The highest BCUT2D eigenvalue weighted by Crippen LogP contribution is 2.33. The fraction of sp³-hybridized carbons (Fsp3) is 0.333. The quantitative estimate of drug-likeness (QED) is 0.924. The van der Waals surface area contributed by atoms with Crippen molar-refractivity contribution in [3.63, 3.8) is 0 Å². The molecule has 2 aromatic rings. The van der Waals surface area contributed by atoms with E-state index in [0.717, 1.165) is 22.4 Å². The minimum atomic E-state index is 0.134. The highest BCUT2D eigenvalue weighted by Gasteiger charge is 2.19. The van der Waals surface area contributed by atoms with Gasteiger partial charge in [-0.2, -0.15) is 0 Å². The molecule has 0 saturated carbocycles. The number of hydrogen-bond donors (Lipinski definition) is 1. The molecule has 2 aromatic heterocycles. The third kappa shape index (κ3) is 2.24. The van der Waals surface area contributed by atoms with E-state index >= 15 is 0 Å². The van der Waals surface area contributed by atoms with Gasteiger partial charge in [0.2, 0.25) is 0 Å². The zero-order valence-electron chi connectivity index (χ0n) is 9.29. The first kappa shape index (κ1) is 11.9. The molecule has 0 aromatic carbocycles. The Morgan fingerprint density at radius 1 is 1.44 bits per heavy atom. The molecule has 2 heterocycles. The van der Waals surface area contributed by atoms with Gasteiger partial charge < -0.3 is 9.73 Å². The van der Waals surface area contributed by atoms with Gasteiger partial charge in [-0.05, 0) is 46.6 Å². The molecule has 16 heavy (non-hydrogen) atoms. The van der Waals surface area contributed by atoms with Gasteiger partial charge in [0.05, 0.1) is 0 Å². The van der Waals surface area contributed by atoms with Crippen LogP contribution in [0.4, 0.5) is 0 Å². The molecular formula is C12H14BrNOS. The van der Waals surface area contributed by atoms with E-state index in [1.54, 1.807) is 11.3 Å². The van der Waals surface area contributed by atoms with Gasteiger partial charge in [0, 0.05) is 15.8 Å². The highest BCUT2D eigenvalue weighted by atomic mass is 79.9. The van der Waals surface area contributed by atoms with E-state index in [1.807, 2.05) is 19.2 Å². The van der Waals surface area contributed by atoms with Crippen molar-refractivity contribution < 1.29 is 4.42 Å². The normalized spacial score (nSPS) is 12.9. The maximum absolute atomic E-state index is 5.79. The maximum Gasteiger partial charge on any atom is 0.126 e. The molecule has 2 nitrogen and oxygen atoms in total. The average Bonchev–Trinajstić information content (AvgIpc) is 2.90. The van der Waals surface area contributed by atoms with Crippen LogP contribution in [0.1, 0.15) is 29.4 Å².